The van der Waals surface area contributed by atoms with Crippen molar-refractivity contribution in [2.24, 2.45) is 0 Å². The zero-order valence-corrected chi connectivity index (χ0v) is 8.78. The number of nitrogens with zero attached hydrogens (tertiary/aromatic N) is 2. The molecule has 0 bridgehead atoms. The van der Waals surface area contributed by atoms with E-state index < -0.39 is 23.2 Å². The first kappa shape index (κ1) is 12.3. The fraction of sp³-hybridized carbons (Fsp3) is 0.0909. The number of hydrogen-bond acceptors (Lipinski definition) is 2. The molecule has 0 amide bonds. The van der Waals surface area contributed by atoms with Crippen molar-refractivity contribution in [1.82, 2.24) is 9.78 Å². The number of hydrogen-bond donors (Lipinski definition) is 0. The van der Waals surface area contributed by atoms with Crippen LogP contribution < -0.4 is 0 Å². The summed E-state index contributed by atoms with van der Waals surface area (Å²) >= 11 is 0. The maximum Gasteiger partial charge on any atom is 0.416 e. The van der Waals surface area contributed by atoms with Gasteiger partial charge in [0.2, 0.25) is 0 Å². The molecular weight excluding hydrogens is 252 g/mol. The van der Waals surface area contributed by atoms with Crippen LogP contribution in [0.4, 0.5) is 17.6 Å². The van der Waals surface area contributed by atoms with Crippen molar-refractivity contribution >= 4 is 6.29 Å². The number of rotatable bonds is 2. The summed E-state index contributed by atoms with van der Waals surface area (Å²) in [4.78, 5) is 10.6. The zero-order chi connectivity index (χ0) is 13.3. The molecule has 0 aliphatic rings. The first-order valence-electron chi connectivity index (χ1n) is 4.80. The second-order valence-corrected chi connectivity index (χ2v) is 3.45. The van der Waals surface area contributed by atoms with Gasteiger partial charge in [-0.25, -0.2) is 9.07 Å². The van der Waals surface area contributed by atoms with Gasteiger partial charge in [0.15, 0.2) is 6.29 Å². The topological polar surface area (TPSA) is 34.9 Å². The highest BCUT2D eigenvalue weighted by molar-refractivity contribution is 5.73. The van der Waals surface area contributed by atoms with Crippen LogP contribution in [0.2, 0.25) is 0 Å². The van der Waals surface area contributed by atoms with Crippen molar-refractivity contribution in [2.45, 2.75) is 6.18 Å². The average molecular weight is 258 g/mol. The molecule has 2 aromatic rings. The van der Waals surface area contributed by atoms with Crippen molar-refractivity contribution in [3.63, 3.8) is 0 Å². The molecule has 2 rings (SSSR count). The van der Waals surface area contributed by atoms with E-state index in [9.17, 15) is 22.4 Å². The third-order valence-corrected chi connectivity index (χ3v) is 2.29. The van der Waals surface area contributed by atoms with Gasteiger partial charge in [-0.05, 0) is 24.3 Å². The molecule has 94 valence electrons. The Morgan fingerprint density at radius 3 is 2.56 bits per heavy atom. The van der Waals surface area contributed by atoms with E-state index in [1.165, 1.54) is 12.3 Å². The molecule has 0 N–H and O–H groups in total. The van der Waals surface area contributed by atoms with Gasteiger partial charge in [-0.15, -0.1) is 0 Å². The largest absolute Gasteiger partial charge is 0.416 e. The summed E-state index contributed by atoms with van der Waals surface area (Å²) < 4.78 is 51.8. The van der Waals surface area contributed by atoms with Gasteiger partial charge < -0.3 is 0 Å². The average Bonchev–Trinajstić information content (AvgIpc) is 2.76. The van der Waals surface area contributed by atoms with Crippen molar-refractivity contribution in [3.05, 3.63) is 47.5 Å². The van der Waals surface area contributed by atoms with Crippen LogP contribution in [-0.4, -0.2) is 16.1 Å². The van der Waals surface area contributed by atoms with Crippen molar-refractivity contribution in [2.75, 3.05) is 0 Å². The fourth-order valence-corrected chi connectivity index (χ4v) is 1.46. The number of aldehydes is 1. The Hall–Kier alpha value is -2.18. The molecule has 0 aliphatic heterocycles. The van der Waals surface area contributed by atoms with Crippen molar-refractivity contribution < 1.29 is 22.4 Å². The lowest BCUT2D eigenvalue weighted by Gasteiger charge is -2.10. The summed E-state index contributed by atoms with van der Waals surface area (Å²) in [5.74, 6) is -0.894. The minimum Gasteiger partial charge on any atom is -0.296 e. The standard InChI is InChI=1S/C11H6F4N2O/c12-9-2-1-7(11(13,14)15)5-10(9)17-8(6-18)3-4-16-17/h1-6H. The van der Waals surface area contributed by atoms with E-state index in [0.717, 1.165) is 4.68 Å². The number of halogens is 4. The van der Waals surface area contributed by atoms with Gasteiger partial charge in [0.05, 0.1) is 11.8 Å². The Morgan fingerprint density at radius 1 is 1.22 bits per heavy atom. The highest BCUT2D eigenvalue weighted by Crippen LogP contribution is 2.31. The number of benzene rings is 1. The van der Waals surface area contributed by atoms with E-state index in [1.54, 1.807) is 0 Å². The lowest BCUT2D eigenvalue weighted by atomic mass is 10.2. The minimum absolute atomic E-state index is 0.0341. The van der Waals surface area contributed by atoms with Gasteiger partial charge in [-0.3, -0.25) is 4.79 Å². The van der Waals surface area contributed by atoms with Gasteiger partial charge in [-0.1, -0.05) is 0 Å². The molecule has 3 nitrogen and oxygen atoms in total. The Morgan fingerprint density at radius 2 is 1.94 bits per heavy atom. The third kappa shape index (κ3) is 2.11. The molecule has 0 atom stereocenters. The minimum atomic E-state index is -4.59. The smallest absolute Gasteiger partial charge is 0.296 e. The van der Waals surface area contributed by atoms with E-state index in [0.29, 0.717) is 24.5 Å². The summed E-state index contributed by atoms with van der Waals surface area (Å²) in [6.07, 6.45) is -3.01. The van der Waals surface area contributed by atoms with Gasteiger partial charge in [0, 0.05) is 0 Å². The first-order valence-corrected chi connectivity index (χ1v) is 4.80. The normalized spacial score (nSPS) is 11.6. The Kier molecular flexibility index (Phi) is 2.90. The Bertz CT molecular complexity index is 589. The monoisotopic (exact) mass is 258 g/mol. The molecule has 0 fully saturated rings. The molecule has 7 heteroatoms. The van der Waals surface area contributed by atoms with Crippen LogP contribution >= 0.6 is 0 Å². The molecule has 1 heterocycles. The van der Waals surface area contributed by atoms with Crippen LogP contribution in [0.3, 0.4) is 0 Å². The Labute approximate surface area is 98.6 Å². The van der Waals surface area contributed by atoms with E-state index in [4.69, 9.17) is 0 Å². The quantitative estimate of drug-likeness (QED) is 0.613. The van der Waals surface area contributed by atoms with Crippen molar-refractivity contribution in [1.29, 1.82) is 0 Å². The number of carbonyl (C=O) groups excluding carboxylic acids is 1. The summed E-state index contributed by atoms with van der Waals surface area (Å²) in [7, 11) is 0. The number of aromatic nitrogens is 2. The molecular formula is C11H6F4N2O. The van der Waals surface area contributed by atoms with Crippen molar-refractivity contribution in [3.8, 4) is 5.69 Å². The van der Waals surface area contributed by atoms with Crippen LogP contribution in [0, 0.1) is 5.82 Å². The molecule has 0 saturated carbocycles. The van der Waals surface area contributed by atoms with E-state index in [2.05, 4.69) is 5.10 Å². The van der Waals surface area contributed by atoms with Crippen LogP contribution in [0.5, 0.6) is 0 Å². The Balaban J connectivity index is 2.60. The van der Waals surface area contributed by atoms with Gasteiger partial charge in [0.25, 0.3) is 0 Å². The fourth-order valence-electron chi connectivity index (χ4n) is 1.46. The van der Waals surface area contributed by atoms with Crippen LogP contribution in [0.25, 0.3) is 5.69 Å². The van der Waals surface area contributed by atoms with Crippen LogP contribution in [0.15, 0.2) is 30.5 Å². The third-order valence-electron chi connectivity index (χ3n) is 2.29. The molecule has 1 aromatic carbocycles. The van der Waals surface area contributed by atoms with Gasteiger partial charge in [-0.2, -0.15) is 18.3 Å². The molecule has 0 spiro atoms. The maximum atomic E-state index is 13.5. The van der Waals surface area contributed by atoms with Crippen LogP contribution in [0.1, 0.15) is 16.1 Å². The molecule has 0 saturated heterocycles. The lowest BCUT2D eigenvalue weighted by Crippen LogP contribution is -2.09. The SMILES string of the molecule is O=Cc1ccnn1-c1cc(C(F)(F)F)ccc1F. The summed E-state index contributed by atoms with van der Waals surface area (Å²) in [6, 6.07) is 3.19. The second kappa shape index (κ2) is 4.25. The maximum absolute atomic E-state index is 13.5. The van der Waals surface area contributed by atoms with E-state index >= 15 is 0 Å². The molecule has 0 radical (unpaired) electrons. The number of alkyl halides is 3. The van der Waals surface area contributed by atoms with E-state index in [-0.39, 0.29) is 5.69 Å². The summed E-state index contributed by atoms with van der Waals surface area (Å²) in [5.41, 5.74) is -1.46. The highest BCUT2D eigenvalue weighted by atomic mass is 19.4. The highest BCUT2D eigenvalue weighted by Gasteiger charge is 2.31. The summed E-state index contributed by atoms with van der Waals surface area (Å²) in [5, 5.41) is 3.62. The second-order valence-electron chi connectivity index (χ2n) is 3.45. The lowest BCUT2D eigenvalue weighted by molar-refractivity contribution is -0.137. The van der Waals surface area contributed by atoms with E-state index in [1.807, 2.05) is 0 Å². The van der Waals surface area contributed by atoms with Gasteiger partial charge in [0.1, 0.15) is 17.2 Å². The molecule has 1 aromatic heterocycles. The van der Waals surface area contributed by atoms with Gasteiger partial charge >= 0.3 is 6.18 Å². The first-order chi connectivity index (χ1) is 8.43. The van der Waals surface area contributed by atoms with Crippen LogP contribution in [-0.2, 0) is 6.18 Å². The molecule has 18 heavy (non-hydrogen) atoms. The molecule has 0 unspecified atom stereocenters. The molecule has 0 aliphatic carbocycles. The zero-order valence-electron chi connectivity index (χ0n) is 8.78. The predicted molar refractivity (Wildman–Crippen MR) is 53.9 cm³/mol. The summed E-state index contributed by atoms with van der Waals surface area (Å²) in [6.45, 7) is 0. The number of carbonyl (C=O) groups is 1. The predicted octanol–water partition coefficient (Wildman–Crippen LogP) is 2.84.